The first kappa shape index (κ1) is 13.7. The molecule has 4 heterocycles. The molecule has 1 atom stereocenters. The third kappa shape index (κ3) is 2.84. The second-order valence-electron chi connectivity index (χ2n) is 6.52. The van der Waals surface area contributed by atoms with E-state index in [4.69, 9.17) is 0 Å². The Morgan fingerprint density at radius 1 is 1.00 bits per heavy atom. The molecule has 0 saturated carbocycles. The lowest BCUT2D eigenvalue weighted by Gasteiger charge is -2.43. The van der Waals surface area contributed by atoms with Crippen LogP contribution in [-0.2, 0) is 0 Å². The summed E-state index contributed by atoms with van der Waals surface area (Å²) < 4.78 is 0. The van der Waals surface area contributed by atoms with Gasteiger partial charge >= 0.3 is 0 Å². The fraction of sp³-hybridized carbons (Fsp3) is 0.350. The summed E-state index contributed by atoms with van der Waals surface area (Å²) in [6.07, 6.45) is 11.2. The van der Waals surface area contributed by atoms with Crippen molar-refractivity contribution in [3.63, 3.8) is 0 Å². The van der Waals surface area contributed by atoms with Crippen LogP contribution in [0.1, 0.15) is 18.4 Å². The molecule has 0 aliphatic carbocycles. The smallest absolute Gasteiger partial charge is 0.0346 e. The van der Waals surface area contributed by atoms with Crippen LogP contribution in [0.25, 0.3) is 17.2 Å². The van der Waals surface area contributed by atoms with Crippen LogP contribution in [-0.4, -0.2) is 29.5 Å². The van der Waals surface area contributed by atoms with Crippen molar-refractivity contribution in [2.24, 2.45) is 11.8 Å². The van der Waals surface area contributed by atoms with Crippen LogP contribution in [0.5, 0.6) is 0 Å². The highest BCUT2D eigenvalue weighted by atomic mass is 15.1. The summed E-state index contributed by atoms with van der Waals surface area (Å²) in [6.45, 7) is 3.89. The molecule has 0 spiro atoms. The van der Waals surface area contributed by atoms with Crippen LogP contribution < -0.4 is 0 Å². The molecule has 3 fully saturated rings. The van der Waals surface area contributed by atoms with Gasteiger partial charge in [0.1, 0.15) is 0 Å². The van der Waals surface area contributed by atoms with Crippen LogP contribution in [0, 0.1) is 11.8 Å². The molecule has 112 valence electrons. The Morgan fingerprint density at radius 3 is 2.45 bits per heavy atom. The second kappa shape index (κ2) is 6.05. The van der Waals surface area contributed by atoms with E-state index in [1.165, 1.54) is 49.2 Å². The van der Waals surface area contributed by atoms with Crippen molar-refractivity contribution in [1.29, 1.82) is 0 Å². The van der Waals surface area contributed by atoms with Gasteiger partial charge in [0, 0.05) is 18.9 Å². The number of hydrogen-bond acceptors (Lipinski definition) is 2. The fourth-order valence-corrected chi connectivity index (χ4v) is 3.78. The van der Waals surface area contributed by atoms with Crippen molar-refractivity contribution in [3.8, 4) is 11.1 Å². The Kier molecular flexibility index (Phi) is 3.77. The zero-order valence-electron chi connectivity index (χ0n) is 12.9. The molecule has 22 heavy (non-hydrogen) atoms. The van der Waals surface area contributed by atoms with Gasteiger partial charge in [0.2, 0.25) is 0 Å². The molecule has 3 saturated heterocycles. The molecule has 1 unspecified atom stereocenters. The monoisotopic (exact) mass is 290 g/mol. The zero-order chi connectivity index (χ0) is 14.8. The molecule has 3 aliphatic rings. The largest absolute Gasteiger partial charge is 0.303 e. The number of piperidine rings is 3. The average molecular weight is 290 g/mol. The molecule has 2 heteroatoms. The predicted octanol–water partition coefficient (Wildman–Crippen LogP) is 4.10. The summed E-state index contributed by atoms with van der Waals surface area (Å²) in [4.78, 5) is 6.80. The molecule has 3 aliphatic heterocycles. The minimum atomic E-state index is 0.750. The molecule has 5 rings (SSSR count). The third-order valence-electron chi connectivity index (χ3n) is 5.15. The number of nitrogens with zero attached hydrogens (tertiary/aromatic N) is 2. The molecule has 1 aromatic carbocycles. The Labute approximate surface area is 132 Å². The summed E-state index contributed by atoms with van der Waals surface area (Å²) in [5.74, 6) is 1.66. The summed E-state index contributed by atoms with van der Waals surface area (Å²) >= 11 is 0. The van der Waals surface area contributed by atoms with Gasteiger partial charge in [-0.05, 0) is 60.5 Å². The van der Waals surface area contributed by atoms with Crippen LogP contribution in [0.2, 0.25) is 0 Å². The van der Waals surface area contributed by atoms with Crippen LogP contribution in [0.3, 0.4) is 0 Å². The Hall–Kier alpha value is -1.93. The van der Waals surface area contributed by atoms with Crippen molar-refractivity contribution in [1.82, 2.24) is 9.88 Å². The van der Waals surface area contributed by atoms with Gasteiger partial charge in [-0.25, -0.2) is 0 Å². The van der Waals surface area contributed by atoms with Gasteiger partial charge < -0.3 is 4.90 Å². The summed E-state index contributed by atoms with van der Waals surface area (Å²) in [5.41, 5.74) is 3.70. The number of rotatable bonds is 3. The SMILES string of the molecule is C(=CC1CN2CCC1CC2)c1ccc(-c2cccnc2)cc1. The van der Waals surface area contributed by atoms with Crippen LogP contribution in [0.4, 0.5) is 0 Å². The maximum absolute atomic E-state index is 4.18. The van der Waals surface area contributed by atoms with Gasteiger partial charge in [0.25, 0.3) is 0 Å². The number of hydrogen-bond donors (Lipinski definition) is 0. The van der Waals surface area contributed by atoms with Crippen molar-refractivity contribution in [2.45, 2.75) is 12.8 Å². The first-order valence-corrected chi connectivity index (χ1v) is 8.29. The van der Waals surface area contributed by atoms with Gasteiger partial charge in [-0.3, -0.25) is 4.98 Å². The fourth-order valence-electron chi connectivity index (χ4n) is 3.78. The van der Waals surface area contributed by atoms with Crippen LogP contribution >= 0.6 is 0 Å². The van der Waals surface area contributed by atoms with E-state index in [0.29, 0.717) is 0 Å². The maximum atomic E-state index is 4.18. The summed E-state index contributed by atoms with van der Waals surface area (Å²) in [7, 11) is 0. The Bertz CT molecular complexity index is 637. The minimum Gasteiger partial charge on any atom is -0.303 e. The number of benzene rings is 1. The molecular weight excluding hydrogens is 268 g/mol. The number of pyridine rings is 1. The van der Waals surface area contributed by atoms with E-state index in [9.17, 15) is 0 Å². The van der Waals surface area contributed by atoms with Gasteiger partial charge in [-0.2, -0.15) is 0 Å². The lowest BCUT2D eigenvalue weighted by molar-refractivity contribution is 0.0740. The van der Waals surface area contributed by atoms with Crippen LogP contribution in [0.15, 0.2) is 54.9 Å². The predicted molar refractivity (Wildman–Crippen MR) is 91.4 cm³/mol. The van der Waals surface area contributed by atoms with Crippen molar-refractivity contribution >= 4 is 6.08 Å². The van der Waals surface area contributed by atoms with E-state index in [2.05, 4.69) is 52.4 Å². The van der Waals surface area contributed by atoms with Gasteiger partial charge in [-0.1, -0.05) is 42.5 Å². The molecule has 2 bridgehead atoms. The Balaban J connectivity index is 1.46. The summed E-state index contributed by atoms with van der Waals surface area (Å²) in [6, 6.07) is 12.9. The highest BCUT2D eigenvalue weighted by Crippen LogP contribution is 2.33. The molecule has 2 aromatic rings. The van der Waals surface area contributed by atoms with E-state index < -0.39 is 0 Å². The van der Waals surface area contributed by atoms with E-state index in [-0.39, 0.29) is 0 Å². The Morgan fingerprint density at radius 2 is 1.82 bits per heavy atom. The van der Waals surface area contributed by atoms with E-state index >= 15 is 0 Å². The first-order chi connectivity index (χ1) is 10.9. The second-order valence-corrected chi connectivity index (χ2v) is 6.52. The standard InChI is InChI=1S/C20H22N2/c1-2-19(14-21-11-1)17-6-3-16(4-7-17)5-8-20-15-22-12-9-18(20)10-13-22/h1-8,11,14,18,20H,9-10,12-13,15H2. The minimum absolute atomic E-state index is 0.750. The van der Waals surface area contributed by atoms with Crippen molar-refractivity contribution < 1.29 is 0 Å². The molecule has 0 amide bonds. The lowest BCUT2D eigenvalue weighted by Crippen LogP contribution is -2.46. The summed E-state index contributed by atoms with van der Waals surface area (Å²) in [5, 5.41) is 0. The zero-order valence-corrected chi connectivity index (χ0v) is 12.9. The lowest BCUT2D eigenvalue weighted by atomic mass is 9.79. The average Bonchev–Trinajstić information content (AvgIpc) is 2.62. The quantitative estimate of drug-likeness (QED) is 0.846. The molecule has 0 N–H and O–H groups in total. The molecule has 0 radical (unpaired) electrons. The molecular formula is C20H22N2. The molecule has 1 aromatic heterocycles. The topological polar surface area (TPSA) is 16.1 Å². The van der Waals surface area contributed by atoms with Crippen molar-refractivity contribution in [3.05, 3.63) is 60.4 Å². The number of aromatic nitrogens is 1. The maximum Gasteiger partial charge on any atom is 0.0346 e. The highest BCUT2D eigenvalue weighted by molar-refractivity contribution is 5.64. The first-order valence-electron chi connectivity index (χ1n) is 8.29. The van der Waals surface area contributed by atoms with Crippen molar-refractivity contribution in [2.75, 3.05) is 19.6 Å². The van der Waals surface area contributed by atoms with E-state index in [1.807, 2.05) is 18.5 Å². The van der Waals surface area contributed by atoms with E-state index in [0.717, 1.165) is 11.8 Å². The molecule has 2 nitrogen and oxygen atoms in total. The normalized spacial score (nSPS) is 27.4. The van der Waals surface area contributed by atoms with E-state index in [1.54, 1.807) is 0 Å². The van der Waals surface area contributed by atoms with Gasteiger partial charge in [0.15, 0.2) is 0 Å². The van der Waals surface area contributed by atoms with Gasteiger partial charge in [0.05, 0.1) is 0 Å². The number of fused-ring (bicyclic) bond motifs is 3. The third-order valence-corrected chi connectivity index (χ3v) is 5.15. The highest BCUT2D eigenvalue weighted by Gasteiger charge is 2.32. The van der Waals surface area contributed by atoms with Gasteiger partial charge in [-0.15, -0.1) is 0 Å².